The smallest absolute Gasteiger partial charge is 0.134 e. The minimum Gasteiger partial charge on any atom is -0.488 e. The zero-order chi connectivity index (χ0) is 19.2. The molecule has 0 amide bonds. The minimum absolute atomic E-state index is 0.389. The van der Waals surface area contributed by atoms with E-state index in [9.17, 15) is 5.26 Å². The highest BCUT2D eigenvalue weighted by molar-refractivity contribution is 9.10. The molecule has 0 unspecified atom stereocenters. The Bertz CT molecular complexity index is 1020. The maximum atomic E-state index is 9.50. The van der Waals surface area contributed by atoms with Crippen LogP contribution in [0.4, 0.5) is 0 Å². The summed E-state index contributed by atoms with van der Waals surface area (Å²) < 4.78 is 6.69. The second-order valence-electron chi connectivity index (χ2n) is 6.11. The Balaban J connectivity index is 1.78. The third-order valence-corrected chi connectivity index (χ3v) is 5.08. The standard InChI is InChI=1S/C23H17BrClNO/c1-16-6-9-18(10-7-16)20(14-26)12-17-8-11-23(21(24)13-17)27-15-19-4-2-3-5-22(19)25/h2-13H,15H2,1H3/b20-12-. The summed E-state index contributed by atoms with van der Waals surface area (Å²) in [5.74, 6) is 0.723. The third-order valence-electron chi connectivity index (χ3n) is 4.09. The van der Waals surface area contributed by atoms with Crippen LogP contribution >= 0.6 is 27.5 Å². The first kappa shape index (κ1) is 19.2. The number of hydrogen-bond acceptors (Lipinski definition) is 2. The predicted molar refractivity (Wildman–Crippen MR) is 115 cm³/mol. The molecule has 0 bridgehead atoms. The Morgan fingerprint density at radius 2 is 1.85 bits per heavy atom. The molecule has 0 spiro atoms. The number of allylic oxidation sites excluding steroid dienone is 1. The molecule has 134 valence electrons. The second-order valence-corrected chi connectivity index (χ2v) is 7.37. The topological polar surface area (TPSA) is 33.0 Å². The lowest BCUT2D eigenvalue weighted by Crippen LogP contribution is -1.97. The van der Waals surface area contributed by atoms with Crippen LogP contribution in [0.1, 0.15) is 22.3 Å². The van der Waals surface area contributed by atoms with E-state index in [1.165, 1.54) is 5.56 Å². The molecule has 0 saturated carbocycles. The molecule has 3 rings (SSSR count). The molecule has 27 heavy (non-hydrogen) atoms. The molecular weight excluding hydrogens is 422 g/mol. The molecule has 2 nitrogen and oxygen atoms in total. The first-order valence-corrected chi connectivity index (χ1v) is 9.58. The highest BCUT2D eigenvalue weighted by atomic mass is 79.9. The molecule has 0 aliphatic carbocycles. The summed E-state index contributed by atoms with van der Waals surface area (Å²) >= 11 is 9.71. The molecule has 0 aromatic heterocycles. The fourth-order valence-corrected chi connectivity index (χ4v) is 3.28. The van der Waals surface area contributed by atoms with Crippen molar-refractivity contribution >= 4 is 39.2 Å². The average molecular weight is 439 g/mol. The van der Waals surface area contributed by atoms with Crippen LogP contribution in [-0.4, -0.2) is 0 Å². The maximum absolute atomic E-state index is 9.50. The number of rotatable bonds is 5. The van der Waals surface area contributed by atoms with Gasteiger partial charge in [-0.3, -0.25) is 0 Å². The van der Waals surface area contributed by atoms with Gasteiger partial charge in [0.25, 0.3) is 0 Å². The van der Waals surface area contributed by atoms with E-state index in [2.05, 4.69) is 22.0 Å². The van der Waals surface area contributed by atoms with Crippen LogP contribution in [0.15, 0.2) is 71.2 Å². The zero-order valence-electron chi connectivity index (χ0n) is 14.7. The van der Waals surface area contributed by atoms with Gasteiger partial charge in [0.05, 0.1) is 16.1 Å². The van der Waals surface area contributed by atoms with Crippen molar-refractivity contribution in [1.29, 1.82) is 5.26 Å². The third kappa shape index (κ3) is 5.01. The molecule has 0 aliphatic rings. The lowest BCUT2D eigenvalue weighted by molar-refractivity contribution is 0.304. The molecular formula is C23H17BrClNO. The fraction of sp³-hybridized carbons (Fsp3) is 0.0870. The van der Waals surface area contributed by atoms with E-state index in [0.717, 1.165) is 26.9 Å². The highest BCUT2D eigenvalue weighted by Crippen LogP contribution is 2.29. The number of aryl methyl sites for hydroxylation is 1. The first-order chi connectivity index (χ1) is 13.1. The summed E-state index contributed by atoms with van der Waals surface area (Å²) in [6.45, 7) is 2.41. The molecule has 0 fully saturated rings. The van der Waals surface area contributed by atoms with Gasteiger partial charge in [0.1, 0.15) is 12.4 Å². The van der Waals surface area contributed by atoms with Crippen LogP contribution in [0.25, 0.3) is 11.6 Å². The number of hydrogen-bond donors (Lipinski definition) is 0. The van der Waals surface area contributed by atoms with E-state index in [1.807, 2.05) is 79.7 Å². The molecule has 0 radical (unpaired) electrons. The Morgan fingerprint density at radius 1 is 1.11 bits per heavy atom. The molecule has 3 aromatic rings. The maximum Gasteiger partial charge on any atom is 0.134 e. The number of ether oxygens (including phenoxy) is 1. The van der Waals surface area contributed by atoms with Crippen molar-refractivity contribution in [3.05, 3.63) is 98.5 Å². The highest BCUT2D eigenvalue weighted by Gasteiger charge is 2.06. The monoisotopic (exact) mass is 437 g/mol. The number of benzene rings is 3. The van der Waals surface area contributed by atoms with E-state index in [-0.39, 0.29) is 0 Å². The van der Waals surface area contributed by atoms with E-state index in [0.29, 0.717) is 17.2 Å². The van der Waals surface area contributed by atoms with Crippen LogP contribution in [0, 0.1) is 18.3 Å². The summed E-state index contributed by atoms with van der Waals surface area (Å²) in [5.41, 5.74) is 4.54. The SMILES string of the molecule is Cc1ccc(/C(C#N)=C\c2ccc(OCc3ccccc3Cl)c(Br)c2)cc1. The van der Waals surface area contributed by atoms with Gasteiger partial charge in [-0.05, 0) is 58.3 Å². The van der Waals surface area contributed by atoms with Gasteiger partial charge in [-0.25, -0.2) is 0 Å². The Morgan fingerprint density at radius 3 is 2.52 bits per heavy atom. The molecule has 0 saturated heterocycles. The minimum atomic E-state index is 0.389. The van der Waals surface area contributed by atoms with Crippen LogP contribution in [0.5, 0.6) is 5.75 Å². The van der Waals surface area contributed by atoms with E-state index >= 15 is 0 Å². The first-order valence-electron chi connectivity index (χ1n) is 8.41. The average Bonchev–Trinajstić information content (AvgIpc) is 2.67. The van der Waals surface area contributed by atoms with Crippen molar-refractivity contribution in [2.75, 3.05) is 0 Å². The number of halogens is 2. The van der Waals surface area contributed by atoms with Crippen molar-refractivity contribution < 1.29 is 4.74 Å². The van der Waals surface area contributed by atoms with Crippen molar-refractivity contribution in [2.24, 2.45) is 0 Å². The quantitative estimate of drug-likeness (QED) is 0.316. The zero-order valence-corrected chi connectivity index (χ0v) is 17.1. The summed E-state index contributed by atoms with van der Waals surface area (Å²) in [5, 5.41) is 10.2. The fourth-order valence-electron chi connectivity index (χ4n) is 2.57. The van der Waals surface area contributed by atoms with Crippen molar-refractivity contribution in [3.63, 3.8) is 0 Å². The van der Waals surface area contributed by atoms with E-state index in [1.54, 1.807) is 0 Å². The summed E-state index contributed by atoms with van der Waals surface area (Å²) in [6, 6.07) is 23.6. The largest absolute Gasteiger partial charge is 0.488 e. The van der Waals surface area contributed by atoms with E-state index in [4.69, 9.17) is 16.3 Å². The Hall–Kier alpha value is -2.54. The van der Waals surface area contributed by atoms with Gasteiger partial charge >= 0.3 is 0 Å². The number of nitrogens with zero attached hydrogens (tertiary/aromatic N) is 1. The van der Waals surface area contributed by atoms with Crippen LogP contribution < -0.4 is 4.74 Å². The van der Waals surface area contributed by atoms with Gasteiger partial charge in [-0.1, -0.05) is 65.7 Å². The van der Waals surface area contributed by atoms with Crippen LogP contribution in [0.2, 0.25) is 5.02 Å². The summed E-state index contributed by atoms with van der Waals surface area (Å²) in [6.07, 6.45) is 1.87. The van der Waals surface area contributed by atoms with Crippen molar-refractivity contribution in [1.82, 2.24) is 0 Å². The van der Waals surface area contributed by atoms with Gasteiger partial charge in [0.2, 0.25) is 0 Å². The van der Waals surface area contributed by atoms with Crippen LogP contribution in [0.3, 0.4) is 0 Å². The van der Waals surface area contributed by atoms with Crippen molar-refractivity contribution in [3.8, 4) is 11.8 Å². The summed E-state index contributed by atoms with van der Waals surface area (Å²) in [7, 11) is 0. The number of nitriles is 1. The molecule has 0 aliphatic heterocycles. The lowest BCUT2D eigenvalue weighted by Gasteiger charge is -2.10. The van der Waals surface area contributed by atoms with Gasteiger partial charge in [0.15, 0.2) is 0 Å². The van der Waals surface area contributed by atoms with Gasteiger partial charge < -0.3 is 4.74 Å². The Labute approximate surface area is 172 Å². The molecule has 4 heteroatoms. The normalized spacial score (nSPS) is 11.1. The lowest BCUT2D eigenvalue weighted by atomic mass is 10.0. The van der Waals surface area contributed by atoms with Gasteiger partial charge in [-0.2, -0.15) is 5.26 Å². The van der Waals surface area contributed by atoms with E-state index < -0.39 is 0 Å². The van der Waals surface area contributed by atoms with Crippen LogP contribution in [-0.2, 0) is 6.61 Å². The molecule has 0 atom stereocenters. The molecule has 0 heterocycles. The predicted octanol–water partition coefficient (Wildman–Crippen LogP) is 7.05. The molecule has 3 aromatic carbocycles. The second kappa shape index (κ2) is 8.90. The summed E-state index contributed by atoms with van der Waals surface area (Å²) in [4.78, 5) is 0. The van der Waals surface area contributed by atoms with Gasteiger partial charge in [0, 0.05) is 10.6 Å². The molecule has 0 N–H and O–H groups in total. The van der Waals surface area contributed by atoms with Gasteiger partial charge in [-0.15, -0.1) is 0 Å². The Kier molecular flexibility index (Phi) is 6.34. The van der Waals surface area contributed by atoms with Crippen molar-refractivity contribution in [2.45, 2.75) is 13.5 Å².